The Balaban J connectivity index is 2.13. The van der Waals surface area contributed by atoms with E-state index in [9.17, 15) is 13.2 Å². The fraction of sp³-hybridized carbons (Fsp3) is 0.214. The van der Waals surface area contributed by atoms with Crippen LogP contribution in [0.4, 0.5) is 13.2 Å². The van der Waals surface area contributed by atoms with Gasteiger partial charge >= 0.3 is 6.18 Å². The number of aromatic nitrogens is 1. The maximum atomic E-state index is 12.5. The summed E-state index contributed by atoms with van der Waals surface area (Å²) in [6.45, 7) is 0. The van der Waals surface area contributed by atoms with Crippen LogP contribution in [0.1, 0.15) is 22.9 Å². The van der Waals surface area contributed by atoms with E-state index in [2.05, 4.69) is 10.4 Å². The molecule has 0 fully saturated rings. The van der Waals surface area contributed by atoms with E-state index in [-0.39, 0.29) is 6.04 Å². The van der Waals surface area contributed by atoms with E-state index in [0.717, 1.165) is 23.4 Å². The third-order valence-corrected chi connectivity index (χ3v) is 2.97. The molecule has 2 rings (SSSR count). The maximum Gasteiger partial charge on any atom is 0.416 e. The minimum absolute atomic E-state index is 0.243. The fourth-order valence-corrected chi connectivity index (χ4v) is 1.90. The summed E-state index contributed by atoms with van der Waals surface area (Å²) in [7, 11) is 0. The van der Waals surface area contributed by atoms with Crippen molar-refractivity contribution in [3.05, 3.63) is 65.5 Å². The van der Waals surface area contributed by atoms with Crippen molar-refractivity contribution in [1.82, 2.24) is 10.4 Å². The molecular weight excluding hydrogens is 267 g/mol. The molecule has 0 aliphatic carbocycles. The number of nitrogens with one attached hydrogen (secondary N) is 1. The average Bonchev–Trinajstić information content (AvgIpc) is 2.45. The van der Waals surface area contributed by atoms with Crippen LogP contribution < -0.4 is 11.3 Å². The van der Waals surface area contributed by atoms with Crippen LogP contribution in [-0.2, 0) is 12.6 Å². The number of rotatable bonds is 4. The van der Waals surface area contributed by atoms with Crippen molar-refractivity contribution in [3.8, 4) is 0 Å². The molecule has 0 aliphatic heterocycles. The second-order valence-electron chi connectivity index (χ2n) is 4.37. The molecule has 0 saturated heterocycles. The summed E-state index contributed by atoms with van der Waals surface area (Å²) in [6.07, 6.45) is -2.21. The molecule has 20 heavy (non-hydrogen) atoms. The van der Waals surface area contributed by atoms with Gasteiger partial charge in [0, 0.05) is 6.20 Å². The van der Waals surface area contributed by atoms with Gasteiger partial charge in [0.15, 0.2) is 0 Å². The van der Waals surface area contributed by atoms with E-state index in [1.807, 2.05) is 12.1 Å². The summed E-state index contributed by atoms with van der Waals surface area (Å²) in [5.41, 5.74) is 3.47. The first-order valence-corrected chi connectivity index (χ1v) is 6.04. The van der Waals surface area contributed by atoms with Gasteiger partial charge in [0.1, 0.15) is 0 Å². The van der Waals surface area contributed by atoms with E-state index >= 15 is 0 Å². The molecule has 106 valence electrons. The quantitative estimate of drug-likeness (QED) is 0.669. The Morgan fingerprint density at radius 3 is 2.30 bits per heavy atom. The van der Waals surface area contributed by atoms with E-state index < -0.39 is 11.7 Å². The Labute approximate surface area is 114 Å². The number of nitrogens with two attached hydrogens (primary N) is 1. The molecule has 6 heteroatoms. The van der Waals surface area contributed by atoms with Gasteiger partial charge in [0.25, 0.3) is 0 Å². The summed E-state index contributed by atoms with van der Waals surface area (Å²) in [5.74, 6) is 5.48. The van der Waals surface area contributed by atoms with Crippen LogP contribution in [0.15, 0.2) is 48.7 Å². The van der Waals surface area contributed by atoms with Crippen molar-refractivity contribution in [1.29, 1.82) is 0 Å². The van der Waals surface area contributed by atoms with Gasteiger partial charge in [0.2, 0.25) is 0 Å². The lowest BCUT2D eigenvalue weighted by Gasteiger charge is -2.15. The number of pyridine rings is 1. The van der Waals surface area contributed by atoms with Crippen LogP contribution in [0.2, 0.25) is 0 Å². The molecule has 0 aliphatic rings. The molecular formula is C14H14F3N3. The van der Waals surface area contributed by atoms with E-state index in [4.69, 9.17) is 5.84 Å². The van der Waals surface area contributed by atoms with Gasteiger partial charge in [-0.2, -0.15) is 13.2 Å². The molecule has 2 aromatic rings. The minimum atomic E-state index is -4.31. The molecule has 0 saturated carbocycles. The topological polar surface area (TPSA) is 50.9 Å². The molecule has 0 spiro atoms. The average molecular weight is 281 g/mol. The number of hydrazine groups is 1. The first kappa shape index (κ1) is 14.5. The Morgan fingerprint density at radius 1 is 1.10 bits per heavy atom. The third-order valence-electron chi connectivity index (χ3n) is 2.97. The molecule has 3 nitrogen and oxygen atoms in total. The van der Waals surface area contributed by atoms with E-state index in [0.29, 0.717) is 6.42 Å². The second-order valence-corrected chi connectivity index (χ2v) is 4.37. The van der Waals surface area contributed by atoms with Gasteiger partial charge in [-0.15, -0.1) is 0 Å². The summed E-state index contributed by atoms with van der Waals surface area (Å²) in [4.78, 5) is 4.18. The van der Waals surface area contributed by atoms with Crippen LogP contribution in [0.5, 0.6) is 0 Å². The lowest BCUT2D eigenvalue weighted by atomic mass is 10.0. The monoisotopic (exact) mass is 281 g/mol. The van der Waals surface area contributed by atoms with Crippen LogP contribution in [0, 0.1) is 0 Å². The smallest absolute Gasteiger partial charge is 0.271 e. The molecule has 0 radical (unpaired) electrons. The lowest BCUT2D eigenvalue weighted by molar-refractivity contribution is -0.137. The third kappa shape index (κ3) is 3.55. The normalized spacial score (nSPS) is 13.2. The first-order valence-electron chi connectivity index (χ1n) is 6.04. The summed E-state index contributed by atoms with van der Waals surface area (Å²) >= 11 is 0. The van der Waals surface area contributed by atoms with Gasteiger partial charge in [0.05, 0.1) is 17.3 Å². The van der Waals surface area contributed by atoms with Crippen molar-refractivity contribution in [2.75, 3.05) is 0 Å². The molecule has 0 bridgehead atoms. The Hall–Kier alpha value is -1.92. The molecule has 1 heterocycles. The second kappa shape index (κ2) is 6.02. The highest BCUT2D eigenvalue weighted by atomic mass is 19.4. The van der Waals surface area contributed by atoms with Crippen LogP contribution >= 0.6 is 0 Å². The van der Waals surface area contributed by atoms with Crippen molar-refractivity contribution < 1.29 is 13.2 Å². The van der Waals surface area contributed by atoms with Gasteiger partial charge < -0.3 is 0 Å². The van der Waals surface area contributed by atoms with Gasteiger partial charge in [-0.05, 0) is 36.2 Å². The molecule has 1 atom stereocenters. The number of hydrogen-bond acceptors (Lipinski definition) is 3. The molecule has 3 N–H and O–H groups in total. The predicted octanol–water partition coefficient (Wildman–Crippen LogP) is 2.85. The van der Waals surface area contributed by atoms with Crippen LogP contribution in [0.3, 0.4) is 0 Å². The standard InChI is InChI=1S/C14H14F3N3/c15-14(16,17)11-6-4-10(5-7-11)9-13(20-18)12-3-1-2-8-19-12/h1-8,13,20H,9,18H2. The van der Waals surface area contributed by atoms with Gasteiger partial charge in [-0.25, -0.2) is 0 Å². The lowest BCUT2D eigenvalue weighted by Crippen LogP contribution is -2.30. The number of hydrogen-bond donors (Lipinski definition) is 2. The van der Waals surface area contributed by atoms with Crippen LogP contribution in [0.25, 0.3) is 0 Å². The maximum absolute atomic E-state index is 12.5. The number of halogens is 3. The van der Waals surface area contributed by atoms with E-state index in [1.54, 1.807) is 12.3 Å². The van der Waals surface area contributed by atoms with Crippen molar-refractivity contribution in [3.63, 3.8) is 0 Å². The summed E-state index contributed by atoms with van der Waals surface area (Å²) in [6, 6.07) is 10.2. The van der Waals surface area contributed by atoms with Gasteiger partial charge in [-0.1, -0.05) is 18.2 Å². The van der Waals surface area contributed by atoms with Crippen molar-refractivity contribution in [2.24, 2.45) is 5.84 Å². The molecule has 1 unspecified atom stereocenters. The fourth-order valence-electron chi connectivity index (χ4n) is 1.90. The Bertz CT molecular complexity index is 538. The first-order chi connectivity index (χ1) is 9.50. The van der Waals surface area contributed by atoms with Crippen molar-refractivity contribution >= 4 is 0 Å². The number of benzene rings is 1. The highest BCUT2D eigenvalue weighted by molar-refractivity contribution is 5.26. The SMILES string of the molecule is NNC(Cc1ccc(C(F)(F)F)cc1)c1ccccn1. The summed E-state index contributed by atoms with van der Waals surface area (Å²) < 4.78 is 37.4. The van der Waals surface area contributed by atoms with E-state index in [1.165, 1.54) is 12.1 Å². The van der Waals surface area contributed by atoms with Crippen molar-refractivity contribution in [2.45, 2.75) is 18.6 Å². The zero-order chi connectivity index (χ0) is 14.6. The predicted molar refractivity (Wildman–Crippen MR) is 69.4 cm³/mol. The molecule has 1 aromatic carbocycles. The summed E-state index contributed by atoms with van der Waals surface area (Å²) in [5, 5.41) is 0. The molecule has 0 amide bonds. The number of nitrogens with zero attached hydrogens (tertiary/aromatic N) is 1. The Kier molecular flexibility index (Phi) is 4.36. The zero-order valence-corrected chi connectivity index (χ0v) is 10.6. The zero-order valence-electron chi connectivity index (χ0n) is 10.6. The molecule has 1 aromatic heterocycles. The highest BCUT2D eigenvalue weighted by Crippen LogP contribution is 2.29. The minimum Gasteiger partial charge on any atom is -0.271 e. The number of alkyl halides is 3. The van der Waals surface area contributed by atoms with Crippen LogP contribution in [-0.4, -0.2) is 4.98 Å². The Morgan fingerprint density at radius 2 is 1.80 bits per heavy atom. The van der Waals surface area contributed by atoms with Gasteiger partial charge in [-0.3, -0.25) is 16.3 Å². The highest BCUT2D eigenvalue weighted by Gasteiger charge is 2.30. The largest absolute Gasteiger partial charge is 0.416 e.